The maximum Gasteiger partial charge on any atom is 0.248 e. The molecule has 0 bridgehead atoms. The van der Waals surface area contributed by atoms with Crippen LogP contribution in [0.3, 0.4) is 0 Å². The van der Waals surface area contributed by atoms with Crippen LogP contribution in [-0.2, 0) is 6.42 Å². The molecular weight excluding hydrogens is 270 g/mol. The number of carbonyl (C=O) groups excluding carboxylic acids is 1. The zero-order valence-electron chi connectivity index (χ0n) is 12.9. The molecule has 2 nitrogen and oxygen atoms in total. The molecule has 1 amide bonds. The largest absolute Gasteiger partial charge is 0.366 e. The van der Waals surface area contributed by atoms with Gasteiger partial charge in [-0.1, -0.05) is 42.5 Å². The maximum absolute atomic E-state index is 11.3. The molecule has 0 aromatic heterocycles. The minimum absolute atomic E-state index is 0.338. The van der Waals surface area contributed by atoms with Crippen molar-refractivity contribution in [1.29, 1.82) is 0 Å². The predicted molar refractivity (Wildman–Crippen MR) is 89.8 cm³/mol. The second-order valence-electron chi connectivity index (χ2n) is 6.40. The molecule has 2 aromatic rings. The second-order valence-corrected chi connectivity index (χ2v) is 6.40. The topological polar surface area (TPSA) is 43.1 Å². The smallest absolute Gasteiger partial charge is 0.248 e. The quantitative estimate of drug-likeness (QED) is 0.897. The molecule has 0 heterocycles. The van der Waals surface area contributed by atoms with Crippen molar-refractivity contribution < 1.29 is 4.79 Å². The summed E-state index contributed by atoms with van der Waals surface area (Å²) < 4.78 is 0. The van der Waals surface area contributed by atoms with Gasteiger partial charge in [-0.25, -0.2) is 0 Å². The molecule has 1 aliphatic carbocycles. The molecule has 22 heavy (non-hydrogen) atoms. The van der Waals surface area contributed by atoms with Crippen LogP contribution in [0.1, 0.15) is 53.1 Å². The summed E-state index contributed by atoms with van der Waals surface area (Å²) in [6.07, 6.45) is 6.12. The van der Waals surface area contributed by atoms with E-state index in [1.807, 2.05) is 12.1 Å². The van der Waals surface area contributed by atoms with Gasteiger partial charge in [0.1, 0.15) is 0 Å². The molecule has 0 saturated heterocycles. The van der Waals surface area contributed by atoms with Gasteiger partial charge in [-0.15, -0.1) is 0 Å². The highest BCUT2D eigenvalue weighted by Gasteiger charge is 2.22. The Hall–Kier alpha value is -2.09. The molecule has 0 atom stereocenters. The Morgan fingerprint density at radius 3 is 2.36 bits per heavy atom. The number of hydrogen-bond donors (Lipinski definition) is 1. The molecule has 0 aliphatic heterocycles. The summed E-state index contributed by atoms with van der Waals surface area (Å²) in [7, 11) is 0. The molecule has 1 fully saturated rings. The van der Waals surface area contributed by atoms with Gasteiger partial charge in [-0.05, 0) is 67.2 Å². The van der Waals surface area contributed by atoms with Crippen LogP contribution in [0.25, 0.3) is 0 Å². The lowest BCUT2D eigenvalue weighted by atomic mass is 9.76. The average Bonchev–Trinajstić information content (AvgIpc) is 2.56. The van der Waals surface area contributed by atoms with E-state index < -0.39 is 0 Å². The molecule has 1 saturated carbocycles. The van der Waals surface area contributed by atoms with E-state index in [0.29, 0.717) is 5.56 Å². The van der Waals surface area contributed by atoms with Crippen molar-refractivity contribution in [2.75, 3.05) is 0 Å². The van der Waals surface area contributed by atoms with Gasteiger partial charge >= 0.3 is 0 Å². The Bertz CT molecular complexity index is 627. The molecule has 0 spiro atoms. The summed E-state index contributed by atoms with van der Waals surface area (Å²) in [5.74, 6) is 1.10. The Balaban J connectivity index is 1.58. The van der Waals surface area contributed by atoms with Crippen molar-refractivity contribution in [2.24, 2.45) is 11.7 Å². The van der Waals surface area contributed by atoms with Crippen LogP contribution >= 0.6 is 0 Å². The lowest BCUT2D eigenvalue weighted by molar-refractivity contribution is 0.1000. The normalized spacial score (nSPS) is 21.5. The molecule has 1 aliphatic rings. The molecule has 2 heteroatoms. The van der Waals surface area contributed by atoms with E-state index in [2.05, 4.69) is 36.4 Å². The first-order valence-corrected chi connectivity index (χ1v) is 8.16. The third kappa shape index (κ3) is 3.56. The summed E-state index contributed by atoms with van der Waals surface area (Å²) in [5, 5.41) is 0. The van der Waals surface area contributed by atoms with E-state index in [1.54, 1.807) is 6.07 Å². The van der Waals surface area contributed by atoms with Crippen LogP contribution in [-0.4, -0.2) is 5.91 Å². The number of primary amides is 1. The van der Waals surface area contributed by atoms with E-state index in [9.17, 15) is 4.79 Å². The van der Waals surface area contributed by atoms with Crippen molar-refractivity contribution >= 4 is 5.91 Å². The van der Waals surface area contributed by atoms with E-state index in [4.69, 9.17) is 5.73 Å². The molecule has 0 unspecified atom stereocenters. The number of rotatable bonds is 4. The van der Waals surface area contributed by atoms with Gasteiger partial charge < -0.3 is 5.73 Å². The number of carbonyl (C=O) groups is 1. The summed E-state index contributed by atoms with van der Waals surface area (Å²) >= 11 is 0. The molecule has 3 rings (SSSR count). The van der Waals surface area contributed by atoms with Crippen LogP contribution in [0.2, 0.25) is 0 Å². The van der Waals surface area contributed by atoms with Crippen molar-refractivity contribution in [3.63, 3.8) is 0 Å². The van der Waals surface area contributed by atoms with E-state index >= 15 is 0 Å². The van der Waals surface area contributed by atoms with Gasteiger partial charge in [0.25, 0.3) is 0 Å². The standard InChI is InChI=1S/C20H23NO/c21-20(22)19-8-4-5-16(14-19)13-15-9-11-18(12-10-15)17-6-2-1-3-7-17/h1-8,14-15,18H,9-13H2,(H2,21,22). The highest BCUT2D eigenvalue weighted by atomic mass is 16.1. The number of hydrogen-bond acceptors (Lipinski definition) is 1. The Kier molecular flexibility index (Phi) is 4.57. The fourth-order valence-electron chi connectivity index (χ4n) is 3.61. The zero-order valence-corrected chi connectivity index (χ0v) is 12.9. The highest BCUT2D eigenvalue weighted by molar-refractivity contribution is 5.92. The number of benzene rings is 2. The minimum Gasteiger partial charge on any atom is -0.366 e. The summed E-state index contributed by atoms with van der Waals surface area (Å²) in [6, 6.07) is 18.6. The molecule has 2 N–H and O–H groups in total. The van der Waals surface area contributed by atoms with Crippen LogP contribution in [0.15, 0.2) is 54.6 Å². The van der Waals surface area contributed by atoms with Crippen LogP contribution < -0.4 is 5.73 Å². The summed E-state index contributed by atoms with van der Waals surface area (Å²) in [4.78, 5) is 11.3. The van der Waals surface area contributed by atoms with Crippen molar-refractivity contribution in [3.8, 4) is 0 Å². The molecule has 114 valence electrons. The van der Waals surface area contributed by atoms with E-state index in [0.717, 1.165) is 18.3 Å². The number of amides is 1. The first-order valence-electron chi connectivity index (χ1n) is 8.16. The predicted octanol–water partition coefficient (Wildman–Crippen LogP) is 4.30. The lowest BCUT2D eigenvalue weighted by Crippen LogP contribution is -2.16. The zero-order chi connectivity index (χ0) is 15.4. The monoisotopic (exact) mass is 293 g/mol. The summed E-state index contributed by atoms with van der Waals surface area (Å²) in [5.41, 5.74) is 8.70. The van der Waals surface area contributed by atoms with Crippen LogP contribution in [0.5, 0.6) is 0 Å². The second kappa shape index (κ2) is 6.78. The minimum atomic E-state index is -0.338. The fraction of sp³-hybridized carbons (Fsp3) is 0.350. The van der Waals surface area contributed by atoms with Gasteiger partial charge in [0.05, 0.1) is 0 Å². The third-order valence-electron chi connectivity index (χ3n) is 4.85. The molecular formula is C20H23NO. The van der Waals surface area contributed by atoms with Gasteiger partial charge in [-0.3, -0.25) is 4.79 Å². The fourth-order valence-corrected chi connectivity index (χ4v) is 3.61. The highest BCUT2D eigenvalue weighted by Crippen LogP contribution is 2.36. The Labute approximate surface area is 132 Å². The molecule has 0 radical (unpaired) electrons. The molecule has 2 aromatic carbocycles. The van der Waals surface area contributed by atoms with Crippen LogP contribution in [0, 0.1) is 5.92 Å². The van der Waals surface area contributed by atoms with Gasteiger partial charge in [0, 0.05) is 5.56 Å². The van der Waals surface area contributed by atoms with Gasteiger partial charge in [-0.2, -0.15) is 0 Å². The first kappa shape index (κ1) is 14.8. The Morgan fingerprint density at radius 2 is 1.68 bits per heavy atom. The van der Waals surface area contributed by atoms with Crippen LogP contribution in [0.4, 0.5) is 0 Å². The van der Waals surface area contributed by atoms with Crippen molar-refractivity contribution in [2.45, 2.75) is 38.0 Å². The van der Waals surface area contributed by atoms with Crippen molar-refractivity contribution in [1.82, 2.24) is 0 Å². The maximum atomic E-state index is 11.3. The first-order chi connectivity index (χ1) is 10.7. The Morgan fingerprint density at radius 1 is 0.955 bits per heavy atom. The SMILES string of the molecule is NC(=O)c1cccc(CC2CCC(c3ccccc3)CC2)c1. The lowest BCUT2D eigenvalue weighted by Gasteiger charge is -2.29. The van der Waals surface area contributed by atoms with Gasteiger partial charge in [0.2, 0.25) is 5.91 Å². The third-order valence-corrected chi connectivity index (χ3v) is 4.85. The van der Waals surface area contributed by atoms with Gasteiger partial charge in [0.15, 0.2) is 0 Å². The number of nitrogens with two attached hydrogens (primary N) is 1. The average molecular weight is 293 g/mol. The van der Waals surface area contributed by atoms with E-state index in [-0.39, 0.29) is 5.91 Å². The van der Waals surface area contributed by atoms with Crippen molar-refractivity contribution in [3.05, 3.63) is 71.3 Å². The summed E-state index contributed by atoms with van der Waals surface area (Å²) in [6.45, 7) is 0. The van der Waals surface area contributed by atoms with E-state index in [1.165, 1.54) is 36.8 Å².